The zero-order chi connectivity index (χ0) is 18.4. The molecule has 0 heterocycles. The molecule has 0 spiro atoms. The number of carbonyl (C=O) groups excluding carboxylic acids is 2. The van der Waals surface area contributed by atoms with Crippen molar-refractivity contribution in [1.29, 1.82) is 0 Å². The second-order valence-electron chi connectivity index (χ2n) is 5.67. The van der Waals surface area contributed by atoms with Crippen LogP contribution in [-0.2, 0) is 4.79 Å². The van der Waals surface area contributed by atoms with Gasteiger partial charge in [-0.1, -0.05) is 48.5 Å². The molecule has 0 aliphatic heterocycles. The second-order valence-corrected chi connectivity index (χ2v) is 5.67. The SMILES string of the molecule is Nc1ccc(/C=N/NC(=O)CNC(=O)c2cccc3ccccc23)cc1. The van der Waals surface area contributed by atoms with Crippen molar-refractivity contribution in [3.63, 3.8) is 0 Å². The van der Waals surface area contributed by atoms with Crippen molar-refractivity contribution in [2.45, 2.75) is 0 Å². The van der Waals surface area contributed by atoms with Crippen molar-refractivity contribution in [2.24, 2.45) is 5.10 Å². The molecule has 3 rings (SSSR count). The summed E-state index contributed by atoms with van der Waals surface area (Å²) in [5.74, 6) is -0.718. The van der Waals surface area contributed by atoms with Gasteiger partial charge in [0.1, 0.15) is 0 Å². The molecule has 6 nitrogen and oxygen atoms in total. The second kappa shape index (κ2) is 7.94. The first-order chi connectivity index (χ1) is 12.6. The Morgan fingerprint density at radius 3 is 2.50 bits per heavy atom. The van der Waals surface area contributed by atoms with Crippen LogP contribution in [0.1, 0.15) is 15.9 Å². The third kappa shape index (κ3) is 4.24. The van der Waals surface area contributed by atoms with E-state index in [2.05, 4.69) is 15.8 Å². The van der Waals surface area contributed by atoms with Crippen LogP contribution in [0.15, 0.2) is 71.8 Å². The molecule has 0 aliphatic rings. The van der Waals surface area contributed by atoms with Crippen LogP contribution in [0.4, 0.5) is 5.69 Å². The van der Waals surface area contributed by atoms with Crippen LogP contribution in [0.2, 0.25) is 0 Å². The van der Waals surface area contributed by atoms with Gasteiger partial charge in [0.05, 0.1) is 12.8 Å². The first-order valence-electron chi connectivity index (χ1n) is 8.07. The summed E-state index contributed by atoms with van der Waals surface area (Å²) in [6, 6.07) is 20.1. The molecule has 0 atom stereocenters. The quantitative estimate of drug-likeness (QED) is 0.376. The molecule has 0 unspecified atom stereocenters. The van der Waals surface area contributed by atoms with Gasteiger partial charge < -0.3 is 11.1 Å². The summed E-state index contributed by atoms with van der Waals surface area (Å²) in [4.78, 5) is 24.2. The highest BCUT2D eigenvalue weighted by molar-refractivity contribution is 6.07. The zero-order valence-electron chi connectivity index (χ0n) is 14.0. The Hall–Kier alpha value is -3.67. The molecular formula is C20H18N4O2. The number of amides is 2. The predicted molar refractivity (Wildman–Crippen MR) is 103 cm³/mol. The third-order valence-electron chi connectivity index (χ3n) is 3.78. The van der Waals surface area contributed by atoms with Gasteiger partial charge in [-0.3, -0.25) is 9.59 Å². The minimum Gasteiger partial charge on any atom is -0.399 e. The molecule has 26 heavy (non-hydrogen) atoms. The van der Waals surface area contributed by atoms with E-state index in [1.165, 1.54) is 6.21 Å². The molecule has 0 bridgehead atoms. The summed E-state index contributed by atoms with van der Waals surface area (Å²) < 4.78 is 0. The number of fused-ring (bicyclic) bond motifs is 1. The van der Waals surface area contributed by atoms with E-state index in [0.717, 1.165) is 16.3 Å². The van der Waals surface area contributed by atoms with Crippen LogP contribution < -0.4 is 16.5 Å². The lowest BCUT2D eigenvalue weighted by Crippen LogP contribution is -2.35. The fourth-order valence-corrected chi connectivity index (χ4v) is 2.48. The van der Waals surface area contributed by atoms with E-state index in [-0.39, 0.29) is 12.5 Å². The minimum atomic E-state index is -0.412. The molecule has 3 aromatic carbocycles. The summed E-state index contributed by atoms with van der Waals surface area (Å²) in [6.45, 7) is -0.166. The summed E-state index contributed by atoms with van der Waals surface area (Å²) in [6.07, 6.45) is 1.50. The number of hydrazone groups is 1. The molecule has 6 heteroatoms. The normalized spacial score (nSPS) is 10.8. The highest BCUT2D eigenvalue weighted by atomic mass is 16.2. The highest BCUT2D eigenvalue weighted by Gasteiger charge is 2.10. The average molecular weight is 346 g/mol. The van der Waals surface area contributed by atoms with E-state index in [9.17, 15) is 9.59 Å². The molecule has 0 saturated heterocycles. The standard InChI is InChI=1S/C20H18N4O2/c21-16-10-8-14(9-11-16)12-23-24-19(25)13-22-20(26)18-7-3-5-15-4-1-2-6-17(15)18/h1-12H,13,21H2,(H,22,26)(H,24,25)/b23-12+. The predicted octanol–water partition coefficient (Wildman–Crippen LogP) is 2.30. The van der Waals surface area contributed by atoms with Gasteiger partial charge in [-0.15, -0.1) is 0 Å². The Kier molecular flexibility index (Phi) is 5.24. The topological polar surface area (TPSA) is 96.6 Å². The van der Waals surface area contributed by atoms with Crippen LogP contribution in [0.5, 0.6) is 0 Å². The van der Waals surface area contributed by atoms with E-state index in [0.29, 0.717) is 11.3 Å². The molecule has 0 aromatic heterocycles. The number of nitrogen functional groups attached to an aromatic ring is 1. The first kappa shape index (κ1) is 17.2. The maximum Gasteiger partial charge on any atom is 0.259 e. The molecule has 0 fully saturated rings. The van der Waals surface area contributed by atoms with E-state index in [4.69, 9.17) is 5.73 Å². The Morgan fingerprint density at radius 2 is 1.69 bits per heavy atom. The van der Waals surface area contributed by atoms with Crippen molar-refractivity contribution >= 4 is 34.5 Å². The van der Waals surface area contributed by atoms with Gasteiger partial charge in [0.15, 0.2) is 0 Å². The molecule has 4 N–H and O–H groups in total. The van der Waals surface area contributed by atoms with Gasteiger partial charge in [0, 0.05) is 11.3 Å². The number of hydrogen-bond donors (Lipinski definition) is 3. The van der Waals surface area contributed by atoms with Crippen molar-refractivity contribution in [1.82, 2.24) is 10.7 Å². The van der Waals surface area contributed by atoms with Crippen molar-refractivity contribution in [3.05, 3.63) is 77.9 Å². The van der Waals surface area contributed by atoms with Crippen molar-refractivity contribution < 1.29 is 9.59 Å². The maximum absolute atomic E-state index is 12.3. The number of nitrogens with two attached hydrogens (primary N) is 1. The Balaban J connectivity index is 1.55. The Bertz CT molecular complexity index is 960. The van der Waals surface area contributed by atoms with Gasteiger partial charge in [-0.05, 0) is 34.5 Å². The molecule has 0 saturated carbocycles. The maximum atomic E-state index is 12.3. The lowest BCUT2D eigenvalue weighted by molar-refractivity contribution is -0.120. The number of nitrogens with zero attached hydrogens (tertiary/aromatic N) is 1. The number of nitrogens with one attached hydrogen (secondary N) is 2. The van der Waals surface area contributed by atoms with Gasteiger partial charge in [-0.2, -0.15) is 5.10 Å². The fourth-order valence-electron chi connectivity index (χ4n) is 2.48. The third-order valence-corrected chi connectivity index (χ3v) is 3.78. The fraction of sp³-hybridized carbons (Fsp3) is 0.0500. The number of anilines is 1. The van der Waals surface area contributed by atoms with Gasteiger partial charge in [-0.25, -0.2) is 5.43 Å². The van der Waals surface area contributed by atoms with E-state index in [1.807, 2.05) is 36.4 Å². The molecule has 130 valence electrons. The van der Waals surface area contributed by atoms with Crippen LogP contribution in [0.25, 0.3) is 10.8 Å². The van der Waals surface area contributed by atoms with E-state index >= 15 is 0 Å². The number of rotatable bonds is 5. The van der Waals surface area contributed by atoms with E-state index in [1.54, 1.807) is 30.3 Å². The van der Waals surface area contributed by atoms with Gasteiger partial charge >= 0.3 is 0 Å². The molecule has 0 aliphatic carbocycles. The first-order valence-corrected chi connectivity index (χ1v) is 8.07. The average Bonchev–Trinajstić information content (AvgIpc) is 2.67. The summed E-state index contributed by atoms with van der Waals surface area (Å²) >= 11 is 0. The Morgan fingerprint density at radius 1 is 0.962 bits per heavy atom. The smallest absolute Gasteiger partial charge is 0.259 e. The van der Waals surface area contributed by atoms with Crippen LogP contribution >= 0.6 is 0 Å². The zero-order valence-corrected chi connectivity index (χ0v) is 14.0. The number of carbonyl (C=O) groups is 2. The molecule has 0 radical (unpaired) electrons. The number of hydrogen-bond acceptors (Lipinski definition) is 4. The van der Waals surface area contributed by atoms with Gasteiger partial charge in [0.2, 0.25) is 0 Å². The largest absolute Gasteiger partial charge is 0.399 e. The van der Waals surface area contributed by atoms with Crippen molar-refractivity contribution in [2.75, 3.05) is 12.3 Å². The van der Waals surface area contributed by atoms with Crippen molar-refractivity contribution in [3.8, 4) is 0 Å². The van der Waals surface area contributed by atoms with Crippen LogP contribution in [0, 0.1) is 0 Å². The summed E-state index contributed by atoms with van der Waals surface area (Å²) in [5.41, 5.74) is 9.96. The molecule has 3 aromatic rings. The summed E-state index contributed by atoms with van der Waals surface area (Å²) in [5, 5.41) is 8.27. The summed E-state index contributed by atoms with van der Waals surface area (Å²) in [7, 11) is 0. The molecular weight excluding hydrogens is 328 g/mol. The monoisotopic (exact) mass is 346 g/mol. The van der Waals surface area contributed by atoms with E-state index < -0.39 is 5.91 Å². The molecule has 2 amide bonds. The van der Waals surface area contributed by atoms with Crippen LogP contribution in [0.3, 0.4) is 0 Å². The lowest BCUT2D eigenvalue weighted by Gasteiger charge is -2.07. The highest BCUT2D eigenvalue weighted by Crippen LogP contribution is 2.18. The van der Waals surface area contributed by atoms with Crippen LogP contribution in [-0.4, -0.2) is 24.6 Å². The minimum absolute atomic E-state index is 0.166. The lowest BCUT2D eigenvalue weighted by atomic mass is 10.0. The Labute approximate surface area is 150 Å². The van der Waals surface area contributed by atoms with Gasteiger partial charge in [0.25, 0.3) is 11.8 Å². The number of benzene rings is 3.